The smallest absolute Gasteiger partial charge is 0.317 e. The molecule has 1 aromatic carbocycles. The molecule has 0 unspecified atom stereocenters. The maximum absolute atomic E-state index is 12.2. The summed E-state index contributed by atoms with van der Waals surface area (Å²) in [5, 5.41) is 3.03. The molecule has 1 aliphatic heterocycles. The largest absolute Gasteiger partial charge is 0.497 e. The van der Waals surface area contributed by atoms with Crippen molar-refractivity contribution in [1.29, 1.82) is 0 Å². The third-order valence-corrected chi connectivity index (χ3v) is 4.51. The second kappa shape index (κ2) is 7.01. The molecule has 0 radical (unpaired) electrons. The van der Waals surface area contributed by atoms with Crippen LogP contribution in [0.15, 0.2) is 24.3 Å². The van der Waals surface area contributed by atoms with Crippen LogP contribution in [-0.4, -0.2) is 61.7 Å². The summed E-state index contributed by atoms with van der Waals surface area (Å²) >= 11 is 0. The molecule has 0 bridgehead atoms. The summed E-state index contributed by atoms with van der Waals surface area (Å²) in [7, 11) is 1.66. The number of hydrogen-bond donors (Lipinski definition) is 1. The number of rotatable bonds is 5. The van der Waals surface area contributed by atoms with E-state index in [0.717, 1.165) is 44.4 Å². The fourth-order valence-electron chi connectivity index (χ4n) is 2.95. The van der Waals surface area contributed by atoms with E-state index in [-0.39, 0.29) is 6.03 Å². The molecule has 0 spiro atoms. The molecule has 0 atom stereocenters. The van der Waals surface area contributed by atoms with Gasteiger partial charge in [-0.25, -0.2) is 4.79 Å². The number of nitrogens with one attached hydrogen (secondary N) is 1. The Labute approximate surface area is 132 Å². The number of urea groups is 1. The number of piperazine rings is 1. The molecule has 2 amide bonds. The molecule has 5 nitrogen and oxygen atoms in total. The first-order chi connectivity index (χ1) is 10.8. The van der Waals surface area contributed by atoms with Crippen molar-refractivity contribution < 1.29 is 9.53 Å². The van der Waals surface area contributed by atoms with Crippen molar-refractivity contribution in [2.75, 3.05) is 39.8 Å². The van der Waals surface area contributed by atoms with Gasteiger partial charge in [0.2, 0.25) is 0 Å². The van der Waals surface area contributed by atoms with E-state index in [1.165, 1.54) is 18.4 Å². The van der Waals surface area contributed by atoms with Crippen LogP contribution in [0.5, 0.6) is 5.75 Å². The minimum Gasteiger partial charge on any atom is -0.497 e. The van der Waals surface area contributed by atoms with Gasteiger partial charge in [-0.1, -0.05) is 12.1 Å². The minimum absolute atomic E-state index is 0.0731. The van der Waals surface area contributed by atoms with Gasteiger partial charge in [0.15, 0.2) is 0 Å². The van der Waals surface area contributed by atoms with E-state index in [1.807, 2.05) is 29.2 Å². The predicted octanol–water partition coefficient (Wildman–Crippen LogP) is 1.73. The number of hydrogen-bond acceptors (Lipinski definition) is 3. The van der Waals surface area contributed by atoms with Crippen LogP contribution < -0.4 is 10.1 Å². The molecule has 2 fully saturated rings. The molecular formula is C17H25N3O2. The maximum atomic E-state index is 12.2. The van der Waals surface area contributed by atoms with Gasteiger partial charge in [0.1, 0.15) is 5.75 Å². The van der Waals surface area contributed by atoms with Crippen LogP contribution in [0.1, 0.15) is 18.4 Å². The van der Waals surface area contributed by atoms with Crippen molar-refractivity contribution in [3.05, 3.63) is 29.8 Å². The van der Waals surface area contributed by atoms with E-state index in [1.54, 1.807) is 7.11 Å². The van der Waals surface area contributed by atoms with E-state index in [2.05, 4.69) is 10.2 Å². The standard InChI is InChI=1S/C17H25N3O2/c1-22-16-6-2-14(3-7-16)8-9-18-17(21)20-12-10-19(11-13-20)15-4-5-15/h2-3,6-7,15H,4-5,8-13H2,1H3,(H,18,21). The lowest BCUT2D eigenvalue weighted by molar-refractivity contribution is 0.135. The van der Waals surface area contributed by atoms with Gasteiger partial charge in [0.25, 0.3) is 0 Å². The number of ether oxygens (including phenoxy) is 1. The molecule has 1 aliphatic carbocycles. The Bertz CT molecular complexity index is 491. The zero-order chi connectivity index (χ0) is 15.4. The molecule has 0 aromatic heterocycles. The van der Waals surface area contributed by atoms with Gasteiger partial charge in [0, 0.05) is 38.8 Å². The van der Waals surface area contributed by atoms with Crippen LogP contribution in [0.4, 0.5) is 4.79 Å². The first-order valence-corrected chi connectivity index (χ1v) is 8.16. The van der Waals surface area contributed by atoms with Crippen LogP contribution in [0.25, 0.3) is 0 Å². The van der Waals surface area contributed by atoms with E-state index < -0.39 is 0 Å². The third-order valence-electron chi connectivity index (χ3n) is 4.51. The van der Waals surface area contributed by atoms with E-state index in [4.69, 9.17) is 4.74 Å². The summed E-state index contributed by atoms with van der Waals surface area (Å²) in [6.45, 7) is 4.43. The van der Waals surface area contributed by atoms with Crippen LogP contribution in [0.2, 0.25) is 0 Å². The molecule has 5 heteroatoms. The van der Waals surface area contributed by atoms with Gasteiger partial charge in [-0.05, 0) is 37.0 Å². The summed E-state index contributed by atoms with van der Waals surface area (Å²) in [4.78, 5) is 16.6. The fraction of sp³-hybridized carbons (Fsp3) is 0.588. The Hall–Kier alpha value is -1.75. The predicted molar refractivity (Wildman–Crippen MR) is 86.3 cm³/mol. The zero-order valence-corrected chi connectivity index (χ0v) is 13.3. The van der Waals surface area contributed by atoms with Crippen LogP contribution in [0, 0.1) is 0 Å². The Morgan fingerprint density at radius 1 is 1.18 bits per heavy atom. The summed E-state index contributed by atoms with van der Waals surface area (Å²) < 4.78 is 5.14. The molecule has 1 N–H and O–H groups in total. The molecule has 2 aliphatic rings. The average Bonchev–Trinajstić information content (AvgIpc) is 3.40. The molecule has 1 saturated heterocycles. The maximum Gasteiger partial charge on any atom is 0.317 e. The monoisotopic (exact) mass is 303 g/mol. The number of carbonyl (C=O) groups excluding carboxylic acids is 1. The van der Waals surface area contributed by atoms with Crippen LogP contribution in [0.3, 0.4) is 0 Å². The second-order valence-electron chi connectivity index (χ2n) is 6.08. The number of nitrogens with zero attached hydrogens (tertiary/aromatic N) is 2. The van der Waals surface area contributed by atoms with Crippen molar-refractivity contribution >= 4 is 6.03 Å². The third kappa shape index (κ3) is 3.91. The van der Waals surface area contributed by atoms with Gasteiger partial charge in [-0.15, -0.1) is 0 Å². The van der Waals surface area contributed by atoms with Gasteiger partial charge in [-0.2, -0.15) is 0 Å². The molecule has 1 heterocycles. The SMILES string of the molecule is COc1ccc(CCNC(=O)N2CCN(C3CC3)CC2)cc1. The van der Waals surface area contributed by atoms with Crippen molar-refractivity contribution in [2.45, 2.75) is 25.3 Å². The molecule has 1 aromatic rings. The van der Waals surface area contributed by atoms with Gasteiger partial charge < -0.3 is 15.0 Å². The number of methoxy groups -OCH3 is 1. The van der Waals surface area contributed by atoms with Crippen LogP contribution in [-0.2, 0) is 6.42 Å². The summed E-state index contributed by atoms with van der Waals surface area (Å²) in [5.74, 6) is 0.862. The summed E-state index contributed by atoms with van der Waals surface area (Å²) in [6.07, 6.45) is 3.53. The first kappa shape index (κ1) is 15.2. The lowest BCUT2D eigenvalue weighted by Crippen LogP contribution is -2.52. The normalized spacial score (nSPS) is 19.0. The zero-order valence-electron chi connectivity index (χ0n) is 13.3. The molecular weight excluding hydrogens is 278 g/mol. The number of amides is 2. The Kier molecular flexibility index (Phi) is 4.83. The summed E-state index contributed by atoms with van der Waals surface area (Å²) in [6, 6.07) is 8.87. The van der Waals surface area contributed by atoms with Gasteiger partial charge in [0.05, 0.1) is 7.11 Å². The van der Waals surface area contributed by atoms with E-state index in [9.17, 15) is 4.79 Å². The minimum atomic E-state index is 0.0731. The quantitative estimate of drug-likeness (QED) is 0.901. The van der Waals surface area contributed by atoms with Crippen LogP contribution >= 0.6 is 0 Å². The fourth-order valence-corrected chi connectivity index (χ4v) is 2.95. The van der Waals surface area contributed by atoms with Crippen molar-refractivity contribution in [3.8, 4) is 5.75 Å². The molecule has 22 heavy (non-hydrogen) atoms. The molecule has 1 saturated carbocycles. The Morgan fingerprint density at radius 2 is 1.86 bits per heavy atom. The highest BCUT2D eigenvalue weighted by Crippen LogP contribution is 2.27. The average molecular weight is 303 g/mol. The highest BCUT2D eigenvalue weighted by molar-refractivity contribution is 5.74. The van der Waals surface area contributed by atoms with E-state index in [0.29, 0.717) is 6.54 Å². The van der Waals surface area contributed by atoms with Crippen molar-refractivity contribution in [1.82, 2.24) is 15.1 Å². The highest BCUT2D eigenvalue weighted by atomic mass is 16.5. The molecule has 3 rings (SSSR count). The van der Waals surface area contributed by atoms with Crippen molar-refractivity contribution in [3.63, 3.8) is 0 Å². The summed E-state index contributed by atoms with van der Waals surface area (Å²) in [5.41, 5.74) is 1.21. The highest BCUT2D eigenvalue weighted by Gasteiger charge is 2.32. The number of benzene rings is 1. The van der Waals surface area contributed by atoms with Gasteiger partial charge >= 0.3 is 6.03 Å². The van der Waals surface area contributed by atoms with Crippen molar-refractivity contribution in [2.24, 2.45) is 0 Å². The Balaban J connectivity index is 1.36. The Morgan fingerprint density at radius 3 is 2.45 bits per heavy atom. The molecule has 120 valence electrons. The second-order valence-corrected chi connectivity index (χ2v) is 6.08. The van der Waals surface area contributed by atoms with E-state index >= 15 is 0 Å². The number of carbonyl (C=O) groups is 1. The lowest BCUT2D eigenvalue weighted by Gasteiger charge is -2.34. The topological polar surface area (TPSA) is 44.8 Å². The first-order valence-electron chi connectivity index (χ1n) is 8.16. The van der Waals surface area contributed by atoms with Gasteiger partial charge in [-0.3, -0.25) is 4.90 Å². The lowest BCUT2D eigenvalue weighted by atomic mass is 10.1.